The Hall–Kier alpha value is -0.740. The van der Waals surface area contributed by atoms with Crippen molar-refractivity contribution >= 4 is 38.4 Å². The molecule has 1 saturated carbocycles. The van der Waals surface area contributed by atoms with E-state index in [0.29, 0.717) is 5.92 Å². The summed E-state index contributed by atoms with van der Waals surface area (Å²) in [6, 6.07) is 2.72. The summed E-state index contributed by atoms with van der Waals surface area (Å²) in [7, 11) is 0. The van der Waals surface area contributed by atoms with Crippen LogP contribution in [0.2, 0.25) is 5.02 Å². The molecule has 0 unspecified atom stereocenters. The lowest BCUT2D eigenvalue weighted by molar-refractivity contribution is 0.609. The highest BCUT2D eigenvalue weighted by Crippen LogP contribution is 2.42. The van der Waals surface area contributed by atoms with Gasteiger partial charge in [-0.15, -0.1) is 0 Å². The van der Waals surface area contributed by atoms with Crippen molar-refractivity contribution in [2.75, 3.05) is 0 Å². The Labute approximate surface area is 110 Å². The van der Waals surface area contributed by atoms with Crippen LogP contribution in [0, 0.1) is 11.6 Å². The average Bonchev–Trinajstić information content (AvgIpc) is 3.09. The van der Waals surface area contributed by atoms with E-state index in [9.17, 15) is 8.78 Å². The molecule has 0 radical (unpaired) electrons. The van der Waals surface area contributed by atoms with Gasteiger partial charge < -0.3 is 0 Å². The van der Waals surface area contributed by atoms with Crippen LogP contribution in [-0.4, -0.2) is 4.98 Å². The molecule has 88 valence electrons. The Morgan fingerprint density at radius 3 is 2.65 bits per heavy atom. The first-order chi connectivity index (χ1) is 8.08. The van der Waals surface area contributed by atoms with Crippen LogP contribution in [0.15, 0.2) is 16.6 Å². The summed E-state index contributed by atoms with van der Waals surface area (Å²) in [4.78, 5) is 4.18. The van der Waals surface area contributed by atoms with Crippen molar-refractivity contribution in [3.05, 3.63) is 39.0 Å². The summed E-state index contributed by atoms with van der Waals surface area (Å²) in [5.74, 6) is -0.776. The van der Waals surface area contributed by atoms with Crippen LogP contribution in [0.1, 0.15) is 24.5 Å². The second-order valence-electron chi connectivity index (χ2n) is 4.18. The molecule has 1 aromatic carbocycles. The quantitative estimate of drug-likeness (QED) is 0.688. The number of fused-ring (bicyclic) bond motifs is 1. The monoisotopic (exact) mass is 317 g/mol. The van der Waals surface area contributed by atoms with Gasteiger partial charge in [0, 0.05) is 11.6 Å². The zero-order valence-electron chi connectivity index (χ0n) is 8.61. The minimum atomic E-state index is -0.568. The fraction of sp³-hybridized carbons (Fsp3) is 0.250. The van der Waals surface area contributed by atoms with E-state index in [0.717, 1.165) is 24.6 Å². The minimum absolute atomic E-state index is 0.0140. The maximum absolute atomic E-state index is 13.8. The molecule has 1 aliphatic rings. The molecule has 1 fully saturated rings. The number of pyridine rings is 1. The lowest BCUT2D eigenvalue weighted by Gasteiger charge is -2.07. The van der Waals surface area contributed by atoms with Gasteiger partial charge in [0.2, 0.25) is 0 Å². The van der Waals surface area contributed by atoms with Crippen molar-refractivity contribution in [2.45, 2.75) is 18.8 Å². The van der Waals surface area contributed by atoms with Crippen LogP contribution < -0.4 is 0 Å². The van der Waals surface area contributed by atoms with Crippen molar-refractivity contribution in [1.82, 2.24) is 4.98 Å². The van der Waals surface area contributed by atoms with E-state index < -0.39 is 11.6 Å². The van der Waals surface area contributed by atoms with E-state index in [1.54, 1.807) is 6.07 Å². The van der Waals surface area contributed by atoms with Crippen molar-refractivity contribution in [2.24, 2.45) is 0 Å². The van der Waals surface area contributed by atoms with Crippen molar-refractivity contribution in [3.8, 4) is 0 Å². The third-order valence-corrected chi connectivity index (χ3v) is 3.77. The highest BCUT2D eigenvalue weighted by Gasteiger charge is 2.27. The molecule has 1 aliphatic carbocycles. The molecule has 0 N–H and O–H groups in total. The van der Waals surface area contributed by atoms with Gasteiger partial charge in [0.15, 0.2) is 5.82 Å². The Balaban J connectivity index is 2.38. The van der Waals surface area contributed by atoms with Gasteiger partial charge in [-0.2, -0.15) is 0 Å². The second kappa shape index (κ2) is 3.89. The first-order valence-corrected chi connectivity index (χ1v) is 6.38. The van der Waals surface area contributed by atoms with Crippen LogP contribution in [0.3, 0.4) is 0 Å². The van der Waals surface area contributed by atoms with Crippen molar-refractivity contribution < 1.29 is 8.78 Å². The van der Waals surface area contributed by atoms with E-state index in [1.165, 1.54) is 0 Å². The Morgan fingerprint density at radius 2 is 2.00 bits per heavy atom. The second-order valence-corrected chi connectivity index (χ2v) is 5.44. The van der Waals surface area contributed by atoms with E-state index in [4.69, 9.17) is 11.6 Å². The first-order valence-electron chi connectivity index (χ1n) is 5.21. The van der Waals surface area contributed by atoms with Crippen LogP contribution >= 0.6 is 27.5 Å². The number of nitrogens with zero attached hydrogens (tertiary/aromatic N) is 1. The van der Waals surface area contributed by atoms with Gasteiger partial charge in [-0.1, -0.05) is 11.6 Å². The predicted octanol–water partition coefficient (Wildman–Crippen LogP) is 4.81. The van der Waals surface area contributed by atoms with E-state index in [2.05, 4.69) is 20.9 Å². The lowest BCUT2D eigenvalue weighted by Crippen LogP contribution is -1.95. The van der Waals surface area contributed by atoms with Crippen LogP contribution in [0.25, 0.3) is 10.9 Å². The number of halogens is 4. The standard InChI is InChI=1S/C12H7BrClF2N/c13-6-3-8(15)12-10(11(6)16)7(14)4-9(17-12)5-1-2-5/h3-5H,1-2H2. The molecule has 0 spiro atoms. The van der Waals surface area contributed by atoms with Gasteiger partial charge in [-0.05, 0) is 40.9 Å². The molecule has 0 aliphatic heterocycles. The van der Waals surface area contributed by atoms with E-state index in [-0.39, 0.29) is 20.4 Å². The van der Waals surface area contributed by atoms with Gasteiger partial charge in [0.25, 0.3) is 0 Å². The van der Waals surface area contributed by atoms with Gasteiger partial charge >= 0.3 is 0 Å². The molecule has 0 amide bonds. The van der Waals surface area contributed by atoms with Crippen LogP contribution in [0.5, 0.6) is 0 Å². The van der Waals surface area contributed by atoms with E-state index in [1.807, 2.05) is 0 Å². The molecule has 0 atom stereocenters. The number of hydrogen-bond donors (Lipinski definition) is 0. The first kappa shape index (κ1) is 11.4. The smallest absolute Gasteiger partial charge is 0.150 e. The average molecular weight is 319 g/mol. The largest absolute Gasteiger partial charge is 0.249 e. The maximum Gasteiger partial charge on any atom is 0.150 e. The van der Waals surface area contributed by atoms with Gasteiger partial charge in [0.05, 0.1) is 14.9 Å². The summed E-state index contributed by atoms with van der Waals surface area (Å²) in [6.45, 7) is 0. The molecule has 1 heterocycles. The van der Waals surface area contributed by atoms with Gasteiger partial charge in [-0.25, -0.2) is 13.8 Å². The zero-order chi connectivity index (χ0) is 12.2. The highest BCUT2D eigenvalue weighted by molar-refractivity contribution is 9.10. The molecule has 2 aromatic rings. The van der Waals surface area contributed by atoms with Crippen molar-refractivity contribution in [1.29, 1.82) is 0 Å². The third-order valence-electron chi connectivity index (χ3n) is 2.90. The minimum Gasteiger partial charge on any atom is -0.249 e. The van der Waals surface area contributed by atoms with Gasteiger partial charge in [0.1, 0.15) is 11.3 Å². The summed E-state index contributed by atoms with van der Waals surface area (Å²) in [5, 5.41) is 0.262. The molecule has 3 rings (SSSR count). The molecule has 5 heteroatoms. The van der Waals surface area contributed by atoms with Crippen LogP contribution in [0.4, 0.5) is 8.78 Å². The SMILES string of the molecule is Fc1cc(Br)c(F)c2c(Cl)cc(C3CC3)nc12. The Kier molecular flexibility index (Phi) is 2.60. The molecule has 1 nitrogen and oxygen atoms in total. The van der Waals surface area contributed by atoms with Crippen molar-refractivity contribution in [3.63, 3.8) is 0 Å². The molecule has 0 saturated heterocycles. The topological polar surface area (TPSA) is 12.9 Å². The van der Waals surface area contributed by atoms with Gasteiger partial charge in [-0.3, -0.25) is 0 Å². The zero-order valence-corrected chi connectivity index (χ0v) is 10.9. The molecule has 0 bridgehead atoms. The summed E-state index contributed by atoms with van der Waals surface area (Å²) in [6.07, 6.45) is 2.07. The lowest BCUT2D eigenvalue weighted by atomic mass is 10.1. The molecular weight excluding hydrogens is 311 g/mol. The molecule has 1 aromatic heterocycles. The number of aromatic nitrogens is 1. The van der Waals surface area contributed by atoms with E-state index >= 15 is 0 Å². The Bertz CT molecular complexity index is 626. The third kappa shape index (κ3) is 1.83. The number of benzene rings is 1. The Morgan fingerprint density at radius 1 is 1.29 bits per heavy atom. The number of rotatable bonds is 1. The fourth-order valence-corrected chi connectivity index (χ4v) is 2.55. The molecular formula is C12H7BrClF2N. The summed E-state index contributed by atoms with van der Waals surface area (Å²) in [5.41, 5.74) is 0.767. The normalized spacial score (nSPS) is 15.5. The summed E-state index contributed by atoms with van der Waals surface area (Å²) < 4.78 is 27.7. The highest BCUT2D eigenvalue weighted by atomic mass is 79.9. The molecule has 17 heavy (non-hydrogen) atoms. The summed E-state index contributed by atoms with van der Waals surface area (Å²) >= 11 is 8.98. The fourth-order valence-electron chi connectivity index (χ4n) is 1.86. The predicted molar refractivity (Wildman–Crippen MR) is 66.3 cm³/mol. The van der Waals surface area contributed by atoms with Crippen LogP contribution in [-0.2, 0) is 0 Å². The maximum atomic E-state index is 13.8. The number of hydrogen-bond acceptors (Lipinski definition) is 1.